The summed E-state index contributed by atoms with van der Waals surface area (Å²) in [5, 5.41) is 12.7. The van der Waals surface area contributed by atoms with Gasteiger partial charge in [0.05, 0.1) is 6.10 Å². The van der Waals surface area contributed by atoms with Gasteiger partial charge in [-0.1, -0.05) is 26.0 Å². The van der Waals surface area contributed by atoms with Crippen LogP contribution in [0.25, 0.3) is 0 Å². The third-order valence-electron chi connectivity index (χ3n) is 3.82. The minimum Gasteiger partial charge on any atom is -0.391 e. The molecule has 1 aromatic rings. The van der Waals surface area contributed by atoms with E-state index in [1.807, 2.05) is 31.2 Å². The van der Waals surface area contributed by atoms with Crippen molar-refractivity contribution in [3.8, 4) is 0 Å². The molecule has 1 aliphatic rings. The van der Waals surface area contributed by atoms with Gasteiger partial charge in [-0.15, -0.1) is 0 Å². The molecule has 2 unspecified atom stereocenters. The molecular formula is C15H22N2O2. The summed E-state index contributed by atoms with van der Waals surface area (Å²) in [4.78, 5) is 13.8. The van der Waals surface area contributed by atoms with Crippen LogP contribution in [0.3, 0.4) is 0 Å². The molecule has 1 aromatic carbocycles. The second-order valence-corrected chi connectivity index (χ2v) is 5.26. The number of anilines is 1. The number of hydrogen-bond donors (Lipinski definition) is 2. The van der Waals surface area contributed by atoms with Gasteiger partial charge in [-0.25, -0.2) is 4.79 Å². The summed E-state index contributed by atoms with van der Waals surface area (Å²) in [5.74, 6) is 0.271. The highest BCUT2D eigenvalue weighted by atomic mass is 16.3. The molecule has 0 saturated carbocycles. The summed E-state index contributed by atoms with van der Waals surface area (Å²) in [6.45, 7) is 5.24. The van der Waals surface area contributed by atoms with Gasteiger partial charge in [0, 0.05) is 18.8 Å². The van der Waals surface area contributed by atoms with Crippen LogP contribution in [0.2, 0.25) is 0 Å². The van der Waals surface area contributed by atoms with Crippen LogP contribution in [0.1, 0.15) is 25.8 Å². The molecule has 0 aliphatic carbocycles. The number of β-amino-alcohol motifs (C(OH)–C–C–N with tert-alkyl or cyclic N) is 1. The summed E-state index contributed by atoms with van der Waals surface area (Å²) >= 11 is 0. The topological polar surface area (TPSA) is 52.6 Å². The number of aryl methyl sites for hydroxylation is 1. The van der Waals surface area contributed by atoms with Gasteiger partial charge in [0.2, 0.25) is 0 Å². The summed E-state index contributed by atoms with van der Waals surface area (Å²) in [6.07, 6.45) is 1.43. The first-order chi connectivity index (χ1) is 9.10. The Morgan fingerprint density at radius 1 is 1.42 bits per heavy atom. The number of nitrogens with one attached hydrogen (secondary N) is 1. The molecule has 1 aliphatic heterocycles. The number of carbonyl (C=O) groups excluding carboxylic acids is 1. The van der Waals surface area contributed by atoms with Crippen molar-refractivity contribution in [3.63, 3.8) is 0 Å². The first kappa shape index (κ1) is 13.9. The van der Waals surface area contributed by atoms with Gasteiger partial charge in [-0.2, -0.15) is 0 Å². The maximum absolute atomic E-state index is 12.1. The smallest absolute Gasteiger partial charge is 0.321 e. The van der Waals surface area contributed by atoms with E-state index in [-0.39, 0.29) is 11.9 Å². The van der Waals surface area contributed by atoms with E-state index in [2.05, 4.69) is 12.2 Å². The highest BCUT2D eigenvalue weighted by Crippen LogP contribution is 2.18. The van der Waals surface area contributed by atoms with Gasteiger partial charge in [0.1, 0.15) is 0 Å². The van der Waals surface area contributed by atoms with Crippen molar-refractivity contribution in [2.45, 2.75) is 32.8 Å². The Kier molecular flexibility index (Phi) is 4.43. The van der Waals surface area contributed by atoms with Gasteiger partial charge < -0.3 is 15.3 Å². The zero-order chi connectivity index (χ0) is 13.8. The molecule has 0 spiro atoms. The normalized spacial score (nSPS) is 23.2. The van der Waals surface area contributed by atoms with Crippen LogP contribution in [0, 0.1) is 5.92 Å². The van der Waals surface area contributed by atoms with Crippen LogP contribution in [-0.4, -0.2) is 35.2 Å². The van der Waals surface area contributed by atoms with Gasteiger partial charge in [0.15, 0.2) is 0 Å². The molecule has 1 heterocycles. The van der Waals surface area contributed by atoms with E-state index in [0.29, 0.717) is 13.1 Å². The predicted molar refractivity (Wildman–Crippen MR) is 76.2 cm³/mol. The second kappa shape index (κ2) is 6.06. The summed E-state index contributed by atoms with van der Waals surface area (Å²) in [7, 11) is 0. The fourth-order valence-electron chi connectivity index (χ4n) is 2.26. The van der Waals surface area contributed by atoms with E-state index in [0.717, 1.165) is 18.5 Å². The Labute approximate surface area is 114 Å². The third-order valence-corrected chi connectivity index (χ3v) is 3.82. The first-order valence-corrected chi connectivity index (χ1v) is 6.93. The van der Waals surface area contributed by atoms with Crippen LogP contribution < -0.4 is 5.32 Å². The number of aliphatic hydroxyl groups excluding tert-OH is 1. The quantitative estimate of drug-likeness (QED) is 0.860. The Morgan fingerprint density at radius 3 is 2.68 bits per heavy atom. The lowest BCUT2D eigenvalue weighted by atomic mass is 9.96. The Bertz CT molecular complexity index is 430. The van der Waals surface area contributed by atoms with E-state index >= 15 is 0 Å². The molecule has 4 nitrogen and oxygen atoms in total. The molecule has 2 N–H and O–H groups in total. The highest BCUT2D eigenvalue weighted by molar-refractivity contribution is 5.89. The maximum Gasteiger partial charge on any atom is 0.321 e. The summed E-state index contributed by atoms with van der Waals surface area (Å²) < 4.78 is 0. The molecule has 19 heavy (non-hydrogen) atoms. The molecule has 1 saturated heterocycles. The zero-order valence-corrected chi connectivity index (χ0v) is 11.6. The van der Waals surface area contributed by atoms with E-state index in [1.165, 1.54) is 5.56 Å². The molecule has 4 heteroatoms. The molecule has 104 valence electrons. The predicted octanol–water partition coefficient (Wildman–Crippen LogP) is 2.48. The third kappa shape index (κ3) is 3.47. The first-order valence-electron chi connectivity index (χ1n) is 6.93. The molecule has 2 amide bonds. The summed E-state index contributed by atoms with van der Waals surface area (Å²) in [6, 6.07) is 7.74. The van der Waals surface area contributed by atoms with Crippen molar-refractivity contribution in [3.05, 3.63) is 29.8 Å². The van der Waals surface area contributed by atoms with Gasteiger partial charge >= 0.3 is 6.03 Å². The van der Waals surface area contributed by atoms with E-state index in [1.54, 1.807) is 4.90 Å². The van der Waals surface area contributed by atoms with Crippen molar-refractivity contribution < 1.29 is 9.90 Å². The largest absolute Gasteiger partial charge is 0.391 e. The highest BCUT2D eigenvalue weighted by Gasteiger charge is 2.27. The summed E-state index contributed by atoms with van der Waals surface area (Å²) in [5.41, 5.74) is 2.05. The number of amides is 2. The van der Waals surface area contributed by atoms with Crippen molar-refractivity contribution in [1.29, 1.82) is 0 Å². The minimum atomic E-state index is -0.415. The van der Waals surface area contributed by atoms with Crippen molar-refractivity contribution in [2.24, 2.45) is 5.92 Å². The lowest BCUT2D eigenvalue weighted by Gasteiger charge is -2.34. The van der Waals surface area contributed by atoms with Crippen LogP contribution in [0.15, 0.2) is 24.3 Å². The van der Waals surface area contributed by atoms with Crippen LogP contribution in [0.4, 0.5) is 10.5 Å². The lowest BCUT2D eigenvalue weighted by molar-refractivity contribution is 0.0464. The Hall–Kier alpha value is -1.55. The SMILES string of the molecule is CCc1ccc(NC(=O)N2CCC(C)C(O)C2)cc1. The van der Waals surface area contributed by atoms with Crippen molar-refractivity contribution >= 4 is 11.7 Å². The number of likely N-dealkylation sites (tertiary alicyclic amines) is 1. The molecule has 2 rings (SSSR count). The lowest BCUT2D eigenvalue weighted by Crippen LogP contribution is -2.47. The van der Waals surface area contributed by atoms with E-state index in [4.69, 9.17) is 0 Å². The number of aliphatic hydroxyl groups is 1. The van der Waals surface area contributed by atoms with Crippen LogP contribution >= 0.6 is 0 Å². The van der Waals surface area contributed by atoms with Crippen LogP contribution in [0.5, 0.6) is 0 Å². The van der Waals surface area contributed by atoms with Crippen LogP contribution in [-0.2, 0) is 6.42 Å². The molecule has 0 aromatic heterocycles. The Balaban J connectivity index is 1.93. The van der Waals surface area contributed by atoms with Gasteiger partial charge in [-0.3, -0.25) is 0 Å². The molecule has 2 atom stereocenters. The number of carbonyl (C=O) groups is 1. The van der Waals surface area contributed by atoms with Gasteiger partial charge in [-0.05, 0) is 36.5 Å². The van der Waals surface area contributed by atoms with Crippen molar-refractivity contribution in [2.75, 3.05) is 18.4 Å². The number of rotatable bonds is 2. The second-order valence-electron chi connectivity index (χ2n) is 5.26. The number of benzene rings is 1. The number of hydrogen-bond acceptors (Lipinski definition) is 2. The van der Waals surface area contributed by atoms with Gasteiger partial charge in [0.25, 0.3) is 0 Å². The molecule has 0 bridgehead atoms. The number of piperidine rings is 1. The van der Waals surface area contributed by atoms with E-state index < -0.39 is 6.10 Å². The number of nitrogens with zero attached hydrogens (tertiary/aromatic N) is 1. The average Bonchev–Trinajstić information content (AvgIpc) is 2.42. The Morgan fingerprint density at radius 2 is 2.11 bits per heavy atom. The fourth-order valence-corrected chi connectivity index (χ4v) is 2.26. The average molecular weight is 262 g/mol. The molecule has 0 radical (unpaired) electrons. The minimum absolute atomic E-state index is 0.129. The number of urea groups is 1. The fraction of sp³-hybridized carbons (Fsp3) is 0.533. The standard InChI is InChI=1S/C15H22N2O2/c1-3-12-4-6-13(7-5-12)16-15(19)17-9-8-11(2)14(18)10-17/h4-7,11,14,18H,3,8-10H2,1-2H3,(H,16,19). The monoisotopic (exact) mass is 262 g/mol. The molecule has 1 fully saturated rings. The molecular weight excluding hydrogens is 240 g/mol. The zero-order valence-electron chi connectivity index (χ0n) is 11.6. The van der Waals surface area contributed by atoms with E-state index in [9.17, 15) is 9.90 Å². The maximum atomic E-state index is 12.1. The van der Waals surface area contributed by atoms with Crippen molar-refractivity contribution in [1.82, 2.24) is 4.90 Å².